The lowest BCUT2D eigenvalue weighted by Gasteiger charge is -2.25. The van der Waals surface area contributed by atoms with Gasteiger partial charge < -0.3 is 10.5 Å². The molecule has 1 aliphatic heterocycles. The van der Waals surface area contributed by atoms with E-state index in [4.69, 9.17) is 10.5 Å². The topological polar surface area (TPSA) is 61.0 Å². The van der Waals surface area contributed by atoms with Crippen molar-refractivity contribution >= 4 is 5.82 Å². The fourth-order valence-electron chi connectivity index (χ4n) is 2.62. The molecule has 2 heterocycles. The molecule has 4 nitrogen and oxygen atoms in total. The van der Waals surface area contributed by atoms with Gasteiger partial charge in [0.2, 0.25) is 0 Å². The Balaban J connectivity index is 1.93. The number of para-hydroxylation sites is 1. The summed E-state index contributed by atoms with van der Waals surface area (Å²) in [7, 11) is 0. The highest BCUT2D eigenvalue weighted by Crippen LogP contribution is 2.31. The maximum Gasteiger partial charge on any atom is 0.137 e. The number of nitrogens with zero attached hydrogens (tertiary/aromatic N) is 2. The predicted molar refractivity (Wildman–Crippen MR) is 78.9 cm³/mol. The van der Waals surface area contributed by atoms with Crippen molar-refractivity contribution in [3.8, 4) is 5.75 Å². The van der Waals surface area contributed by atoms with Gasteiger partial charge >= 0.3 is 0 Å². The van der Waals surface area contributed by atoms with Crippen LogP contribution in [0.15, 0.2) is 24.3 Å². The van der Waals surface area contributed by atoms with E-state index < -0.39 is 0 Å². The molecule has 2 aromatic rings. The molecule has 0 saturated carbocycles. The summed E-state index contributed by atoms with van der Waals surface area (Å²) < 4.78 is 5.81. The molecule has 1 aliphatic rings. The van der Waals surface area contributed by atoms with Gasteiger partial charge in [-0.3, -0.25) is 0 Å². The van der Waals surface area contributed by atoms with Crippen LogP contribution in [0.4, 0.5) is 5.82 Å². The van der Waals surface area contributed by atoms with Crippen LogP contribution in [-0.4, -0.2) is 16.6 Å². The van der Waals surface area contributed by atoms with Crippen LogP contribution in [0, 0.1) is 6.92 Å². The minimum atomic E-state index is 0.179. The molecule has 4 heteroatoms. The fourth-order valence-corrected chi connectivity index (χ4v) is 2.62. The van der Waals surface area contributed by atoms with Crippen LogP contribution in [-0.2, 0) is 12.8 Å². The molecule has 1 aromatic heterocycles. The number of nitrogen functional groups attached to an aromatic ring is 1. The van der Waals surface area contributed by atoms with Crippen molar-refractivity contribution in [3.63, 3.8) is 0 Å². The minimum absolute atomic E-state index is 0.179. The van der Waals surface area contributed by atoms with Crippen molar-refractivity contribution in [2.45, 2.75) is 32.6 Å². The van der Waals surface area contributed by atoms with Crippen LogP contribution >= 0.6 is 0 Å². The summed E-state index contributed by atoms with van der Waals surface area (Å²) in [6.07, 6.45) is 1.78. The van der Waals surface area contributed by atoms with E-state index >= 15 is 0 Å². The molecule has 20 heavy (non-hydrogen) atoms. The first-order chi connectivity index (χ1) is 9.69. The highest BCUT2D eigenvalue weighted by atomic mass is 16.5. The first-order valence-corrected chi connectivity index (χ1v) is 7.02. The molecular weight excluding hydrogens is 250 g/mol. The fraction of sp³-hybridized carbons (Fsp3) is 0.375. The highest BCUT2D eigenvalue weighted by molar-refractivity contribution is 5.42. The number of benzene rings is 1. The first-order valence-electron chi connectivity index (χ1n) is 7.02. The van der Waals surface area contributed by atoms with Crippen LogP contribution < -0.4 is 10.5 Å². The monoisotopic (exact) mass is 269 g/mol. The molecule has 0 spiro atoms. The number of aromatic nitrogens is 2. The number of rotatable bonds is 2. The Hall–Kier alpha value is -2.10. The zero-order valence-electron chi connectivity index (χ0n) is 11.9. The van der Waals surface area contributed by atoms with Crippen molar-refractivity contribution < 1.29 is 4.74 Å². The second-order valence-corrected chi connectivity index (χ2v) is 5.21. The number of ether oxygens (including phenoxy) is 1. The predicted octanol–water partition coefficient (Wildman–Crippen LogP) is 2.65. The SMILES string of the molecule is CCc1nc(C2COc3ccccc3C2)nc(N)c1C. The maximum atomic E-state index is 6.01. The molecular formula is C16H19N3O. The number of anilines is 1. The largest absolute Gasteiger partial charge is 0.493 e. The quantitative estimate of drug-likeness (QED) is 0.910. The Kier molecular flexibility index (Phi) is 3.30. The number of hydrogen-bond donors (Lipinski definition) is 1. The Labute approximate surface area is 119 Å². The second kappa shape index (κ2) is 5.12. The van der Waals surface area contributed by atoms with Crippen molar-refractivity contribution in [1.82, 2.24) is 9.97 Å². The molecule has 2 N–H and O–H groups in total. The molecule has 0 bridgehead atoms. The number of aryl methyl sites for hydroxylation is 1. The van der Waals surface area contributed by atoms with E-state index in [2.05, 4.69) is 23.0 Å². The lowest BCUT2D eigenvalue weighted by atomic mass is 9.95. The van der Waals surface area contributed by atoms with E-state index in [0.29, 0.717) is 12.4 Å². The Morgan fingerprint density at radius 2 is 2.10 bits per heavy atom. The minimum Gasteiger partial charge on any atom is -0.493 e. The summed E-state index contributed by atoms with van der Waals surface area (Å²) in [4.78, 5) is 9.14. The third kappa shape index (κ3) is 2.22. The van der Waals surface area contributed by atoms with Crippen LogP contribution in [0.1, 0.15) is 35.5 Å². The maximum absolute atomic E-state index is 6.01. The second-order valence-electron chi connectivity index (χ2n) is 5.21. The normalized spacial score (nSPS) is 17.4. The van der Waals surface area contributed by atoms with Gasteiger partial charge in [0.25, 0.3) is 0 Å². The summed E-state index contributed by atoms with van der Waals surface area (Å²) in [5.74, 6) is 2.54. The number of hydrogen-bond acceptors (Lipinski definition) is 4. The van der Waals surface area contributed by atoms with E-state index in [0.717, 1.165) is 35.7 Å². The Morgan fingerprint density at radius 3 is 2.90 bits per heavy atom. The van der Waals surface area contributed by atoms with Crippen LogP contribution in [0.25, 0.3) is 0 Å². The highest BCUT2D eigenvalue weighted by Gasteiger charge is 2.24. The average molecular weight is 269 g/mol. The van der Waals surface area contributed by atoms with Gasteiger partial charge in [0.15, 0.2) is 0 Å². The van der Waals surface area contributed by atoms with Crippen molar-refractivity contribution in [1.29, 1.82) is 0 Å². The van der Waals surface area contributed by atoms with E-state index in [1.807, 2.05) is 25.1 Å². The summed E-state index contributed by atoms with van der Waals surface area (Å²) >= 11 is 0. The molecule has 1 aromatic carbocycles. The van der Waals surface area contributed by atoms with Gasteiger partial charge in [-0.2, -0.15) is 0 Å². The zero-order valence-corrected chi connectivity index (χ0v) is 11.9. The van der Waals surface area contributed by atoms with Crippen LogP contribution in [0.2, 0.25) is 0 Å². The lowest BCUT2D eigenvalue weighted by molar-refractivity contribution is 0.257. The van der Waals surface area contributed by atoms with Crippen LogP contribution in [0.5, 0.6) is 5.75 Å². The number of nitrogens with two attached hydrogens (primary N) is 1. The molecule has 0 saturated heterocycles. The molecule has 1 atom stereocenters. The number of fused-ring (bicyclic) bond motifs is 1. The van der Waals surface area contributed by atoms with Gasteiger partial charge in [0.05, 0.1) is 12.5 Å². The summed E-state index contributed by atoms with van der Waals surface area (Å²) in [5.41, 5.74) is 9.25. The van der Waals surface area contributed by atoms with E-state index in [1.54, 1.807) is 0 Å². The van der Waals surface area contributed by atoms with Gasteiger partial charge in [-0.1, -0.05) is 25.1 Å². The molecule has 0 radical (unpaired) electrons. The molecule has 3 rings (SSSR count). The third-order valence-electron chi connectivity index (χ3n) is 3.88. The van der Waals surface area contributed by atoms with Gasteiger partial charge in [0, 0.05) is 11.3 Å². The molecule has 0 aliphatic carbocycles. The molecule has 1 unspecified atom stereocenters. The summed E-state index contributed by atoms with van der Waals surface area (Å²) in [6, 6.07) is 8.13. The Morgan fingerprint density at radius 1 is 1.30 bits per heavy atom. The van der Waals surface area contributed by atoms with Gasteiger partial charge in [-0.05, 0) is 31.4 Å². The van der Waals surface area contributed by atoms with E-state index in [-0.39, 0.29) is 5.92 Å². The summed E-state index contributed by atoms with van der Waals surface area (Å²) in [5, 5.41) is 0. The van der Waals surface area contributed by atoms with Gasteiger partial charge in [-0.25, -0.2) is 9.97 Å². The average Bonchev–Trinajstić information content (AvgIpc) is 2.49. The lowest BCUT2D eigenvalue weighted by Crippen LogP contribution is -2.22. The van der Waals surface area contributed by atoms with E-state index in [9.17, 15) is 0 Å². The molecule has 0 amide bonds. The van der Waals surface area contributed by atoms with Gasteiger partial charge in [0.1, 0.15) is 17.4 Å². The van der Waals surface area contributed by atoms with E-state index in [1.165, 1.54) is 5.56 Å². The van der Waals surface area contributed by atoms with Crippen molar-refractivity contribution in [3.05, 3.63) is 46.9 Å². The smallest absolute Gasteiger partial charge is 0.137 e. The van der Waals surface area contributed by atoms with Crippen LogP contribution in [0.3, 0.4) is 0 Å². The first kappa shape index (κ1) is 12.9. The zero-order chi connectivity index (χ0) is 14.1. The Bertz CT molecular complexity index is 640. The summed E-state index contributed by atoms with van der Waals surface area (Å²) in [6.45, 7) is 4.68. The third-order valence-corrected chi connectivity index (χ3v) is 3.88. The standard InChI is InChI=1S/C16H19N3O/c1-3-13-10(2)15(17)19-16(18-13)12-8-11-6-4-5-7-14(11)20-9-12/h4-7,12H,3,8-9H2,1-2H3,(H2,17,18,19). The van der Waals surface area contributed by atoms with Crippen molar-refractivity contribution in [2.75, 3.05) is 12.3 Å². The van der Waals surface area contributed by atoms with Gasteiger partial charge in [-0.15, -0.1) is 0 Å². The molecule has 104 valence electrons. The molecule has 0 fully saturated rings. The van der Waals surface area contributed by atoms with Crippen molar-refractivity contribution in [2.24, 2.45) is 0 Å².